The van der Waals surface area contributed by atoms with E-state index in [1.54, 1.807) is 25.4 Å². The van der Waals surface area contributed by atoms with E-state index in [0.717, 1.165) is 41.1 Å². The van der Waals surface area contributed by atoms with Crippen molar-refractivity contribution in [3.63, 3.8) is 0 Å². The Bertz CT molecular complexity index is 1360. The molecular weight excluding hydrogens is 498 g/mol. The molecule has 0 unspecified atom stereocenters. The third kappa shape index (κ3) is 5.18. The summed E-state index contributed by atoms with van der Waals surface area (Å²) < 4.78 is 39.2. The Balaban J connectivity index is 1.84. The number of nitrogens with zero attached hydrogens (tertiary/aromatic N) is 3. The fourth-order valence-electron chi connectivity index (χ4n) is 4.72. The molecule has 11 heteroatoms. The number of methoxy groups -OCH3 is 2. The number of aromatic nitrogens is 2. The zero-order chi connectivity index (χ0) is 26.0. The topological polar surface area (TPSA) is 97.7 Å². The summed E-state index contributed by atoms with van der Waals surface area (Å²) in [5.41, 5.74) is 5.36. The standard InChI is InChI=1S/C25H31N5O4S2/c1-16-14-19(17(2)29(16)12-13-33-3)24-23(21-8-6-7-11-26-21)27-25(35)30(24)18-9-10-20(22(15-18)34-4)28-36(5,31)32/h6-11,14-15,23-24,28H,12-13H2,1-5H3,(H,27,35)/t23-,24-/m0/s1. The lowest BCUT2D eigenvalue weighted by molar-refractivity contribution is 0.186. The van der Waals surface area contributed by atoms with E-state index in [9.17, 15) is 8.42 Å². The maximum absolute atomic E-state index is 11.8. The molecule has 2 aromatic heterocycles. The number of ether oxygens (including phenoxy) is 2. The quantitative estimate of drug-likeness (QED) is 0.405. The van der Waals surface area contributed by atoms with Gasteiger partial charge in [0.15, 0.2) is 5.11 Å². The minimum absolute atomic E-state index is 0.199. The highest BCUT2D eigenvalue weighted by Crippen LogP contribution is 2.44. The van der Waals surface area contributed by atoms with Crippen LogP contribution in [0.2, 0.25) is 0 Å². The average molecular weight is 530 g/mol. The van der Waals surface area contributed by atoms with Gasteiger partial charge in [-0.15, -0.1) is 0 Å². The second-order valence-electron chi connectivity index (χ2n) is 8.73. The molecule has 1 aliphatic heterocycles. The zero-order valence-electron chi connectivity index (χ0n) is 21.0. The molecular formula is C25H31N5O4S2. The molecule has 0 radical (unpaired) electrons. The molecule has 0 spiro atoms. The molecule has 0 aliphatic carbocycles. The molecule has 1 saturated heterocycles. The van der Waals surface area contributed by atoms with Crippen LogP contribution in [0.5, 0.6) is 5.75 Å². The molecule has 3 heterocycles. The Morgan fingerprint density at radius 2 is 1.94 bits per heavy atom. The van der Waals surface area contributed by atoms with Crippen LogP contribution in [0.1, 0.15) is 34.7 Å². The second-order valence-corrected chi connectivity index (χ2v) is 10.9. The third-order valence-electron chi connectivity index (χ3n) is 6.31. The summed E-state index contributed by atoms with van der Waals surface area (Å²) in [5, 5.41) is 4.01. The molecule has 0 bridgehead atoms. The normalized spacial score (nSPS) is 17.8. The number of rotatable bonds is 9. The van der Waals surface area contributed by atoms with Crippen molar-refractivity contribution in [3.8, 4) is 5.75 Å². The first-order valence-electron chi connectivity index (χ1n) is 11.5. The largest absolute Gasteiger partial charge is 0.494 e. The predicted molar refractivity (Wildman–Crippen MR) is 145 cm³/mol. The lowest BCUT2D eigenvalue weighted by Crippen LogP contribution is -2.29. The van der Waals surface area contributed by atoms with Crippen molar-refractivity contribution in [1.82, 2.24) is 14.9 Å². The van der Waals surface area contributed by atoms with Gasteiger partial charge in [-0.2, -0.15) is 0 Å². The summed E-state index contributed by atoms with van der Waals surface area (Å²) in [6.07, 6.45) is 2.88. The third-order valence-corrected chi connectivity index (χ3v) is 7.21. The molecule has 2 N–H and O–H groups in total. The molecule has 3 aromatic rings. The molecule has 1 fully saturated rings. The number of anilines is 2. The van der Waals surface area contributed by atoms with Gasteiger partial charge in [0.2, 0.25) is 10.0 Å². The fourth-order valence-corrected chi connectivity index (χ4v) is 5.63. The van der Waals surface area contributed by atoms with Crippen molar-refractivity contribution in [2.24, 2.45) is 0 Å². The van der Waals surface area contributed by atoms with Crippen LogP contribution in [-0.4, -0.2) is 50.2 Å². The number of pyridine rings is 1. The highest BCUT2D eigenvalue weighted by Gasteiger charge is 2.42. The van der Waals surface area contributed by atoms with Crippen LogP contribution in [0.25, 0.3) is 0 Å². The van der Waals surface area contributed by atoms with Crippen molar-refractivity contribution >= 4 is 38.7 Å². The Labute approximate surface area is 217 Å². The summed E-state index contributed by atoms with van der Waals surface area (Å²) in [6.45, 7) is 5.54. The van der Waals surface area contributed by atoms with Gasteiger partial charge in [0, 0.05) is 43.0 Å². The van der Waals surface area contributed by atoms with Gasteiger partial charge < -0.3 is 24.3 Å². The highest BCUT2D eigenvalue weighted by atomic mass is 32.2. The second kappa shape index (κ2) is 10.5. The van der Waals surface area contributed by atoms with E-state index in [2.05, 4.69) is 39.5 Å². The lowest BCUT2D eigenvalue weighted by atomic mass is 9.96. The van der Waals surface area contributed by atoms with E-state index < -0.39 is 10.0 Å². The first kappa shape index (κ1) is 25.9. The Morgan fingerprint density at radius 3 is 2.58 bits per heavy atom. The van der Waals surface area contributed by atoms with Crippen LogP contribution in [0.15, 0.2) is 48.7 Å². The van der Waals surface area contributed by atoms with Crippen molar-refractivity contribution < 1.29 is 17.9 Å². The van der Waals surface area contributed by atoms with Crippen molar-refractivity contribution in [1.29, 1.82) is 0 Å². The highest BCUT2D eigenvalue weighted by molar-refractivity contribution is 7.92. The van der Waals surface area contributed by atoms with Crippen molar-refractivity contribution in [3.05, 3.63) is 71.3 Å². The molecule has 2 atom stereocenters. The minimum atomic E-state index is -3.47. The molecule has 36 heavy (non-hydrogen) atoms. The summed E-state index contributed by atoms with van der Waals surface area (Å²) >= 11 is 5.84. The SMILES string of the molecule is COCCn1c(C)cc([C@H]2[C@H](c3ccccn3)NC(=S)N2c2ccc(NS(C)(=O)=O)c(OC)c2)c1C. The van der Waals surface area contributed by atoms with E-state index in [1.165, 1.54) is 7.11 Å². The van der Waals surface area contributed by atoms with E-state index in [-0.39, 0.29) is 12.1 Å². The van der Waals surface area contributed by atoms with Gasteiger partial charge in [-0.3, -0.25) is 9.71 Å². The molecule has 0 amide bonds. The van der Waals surface area contributed by atoms with E-state index in [1.807, 2.05) is 29.2 Å². The lowest BCUT2D eigenvalue weighted by Gasteiger charge is -2.29. The maximum atomic E-state index is 11.8. The molecule has 192 valence electrons. The zero-order valence-corrected chi connectivity index (χ0v) is 22.6. The monoisotopic (exact) mass is 529 g/mol. The number of hydrogen-bond donors (Lipinski definition) is 2. The number of hydrogen-bond acceptors (Lipinski definition) is 6. The Morgan fingerprint density at radius 1 is 1.17 bits per heavy atom. The number of benzene rings is 1. The summed E-state index contributed by atoms with van der Waals surface area (Å²) in [6, 6.07) is 12.9. The molecule has 4 rings (SSSR count). The summed E-state index contributed by atoms with van der Waals surface area (Å²) in [7, 11) is -0.267. The average Bonchev–Trinajstić information content (AvgIpc) is 3.32. The number of thiocarbonyl (C=S) groups is 1. The van der Waals surface area contributed by atoms with Gasteiger partial charge in [-0.1, -0.05) is 6.07 Å². The van der Waals surface area contributed by atoms with Crippen LogP contribution < -0.4 is 19.7 Å². The van der Waals surface area contributed by atoms with Gasteiger partial charge in [-0.25, -0.2) is 8.42 Å². The summed E-state index contributed by atoms with van der Waals surface area (Å²) in [4.78, 5) is 6.66. The maximum Gasteiger partial charge on any atom is 0.229 e. The Hall–Kier alpha value is -3.15. The first-order chi connectivity index (χ1) is 17.1. The smallest absolute Gasteiger partial charge is 0.229 e. The van der Waals surface area contributed by atoms with Gasteiger partial charge in [0.05, 0.1) is 43.4 Å². The van der Waals surface area contributed by atoms with Gasteiger partial charge in [0.25, 0.3) is 0 Å². The van der Waals surface area contributed by atoms with Crippen molar-refractivity contribution in [2.75, 3.05) is 36.7 Å². The fraction of sp³-hybridized carbons (Fsp3) is 0.360. The van der Waals surface area contributed by atoms with Gasteiger partial charge in [0.1, 0.15) is 5.75 Å². The Kier molecular flexibility index (Phi) is 7.53. The van der Waals surface area contributed by atoms with Crippen LogP contribution >= 0.6 is 12.2 Å². The van der Waals surface area contributed by atoms with E-state index >= 15 is 0 Å². The van der Waals surface area contributed by atoms with Gasteiger partial charge in [-0.05, 0) is 62.0 Å². The molecule has 9 nitrogen and oxygen atoms in total. The van der Waals surface area contributed by atoms with Crippen LogP contribution in [0.4, 0.5) is 11.4 Å². The van der Waals surface area contributed by atoms with E-state index in [4.69, 9.17) is 21.7 Å². The van der Waals surface area contributed by atoms with Crippen LogP contribution in [-0.2, 0) is 21.3 Å². The van der Waals surface area contributed by atoms with E-state index in [0.29, 0.717) is 23.2 Å². The molecule has 0 saturated carbocycles. The molecule has 1 aliphatic rings. The van der Waals surface area contributed by atoms with Crippen LogP contribution in [0, 0.1) is 13.8 Å². The molecule has 1 aromatic carbocycles. The van der Waals surface area contributed by atoms with Crippen molar-refractivity contribution in [2.45, 2.75) is 32.5 Å². The summed E-state index contributed by atoms with van der Waals surface area (Å²) in [5.74, 6) is 0.395. The van der Waals surface area contributed by atoms with Crippen LogP contribution in [0.3, 0.4) is 0 Å². The number of aryl methyl sites for hydroxylation is 1. The minimum Gasteiger partial charge on any atom is -0.494 e. The predicted octanol–water partition coefficient (Wildman–Crippen LogP) is 3.70. The van der Waals surface area contributed by atoms with Gasteiger partial charge >= 0.3 is 0 Å². The number of sulfonamides is 1. The number of nitrogens with one attached hydrogen (secondary N) is 2. The first-order valence-corrected chi connectivity index (χ1v) is 13.8.